The molecule has 0 aromatic heterocycles. The van der Waals surface area contributed by atoms with Gasteiger partial charge >= 0.3 is 0 Å². The summed E-state index contributed by atoms with van der Waals surface area (Å²) in [5.74, 6) is 0.544. The zero-order chi connectivity index (χ0) is 49.4. The number of rotatable bonds is 22. The molecule has 3 unspecified atom stereocenters. The molecule has 3 aliphatic heterocycles. The predicted molar refractivity (Wildman–Crippen MR) is 297 cm³/mol. The third-order valence-corrected chi connectivity index (χ3v) is 16.1. The van der Waals surface area contributed by atoms with Crippen molar-refractivity contribution >= 4 is 48.5 Å². The largest absolute Gasteiger partial charge is 0.385 e. The van der Waals surface area contributed by atoms with E-state index < -0.39 is 0 Å². The van der Waals surface area contributed by atoms with Crippen molar-refractivity contribution in [1.29, 1.82) is 0 Å². The van der Waals surface area contributed by atoms with Gasteiger partial charge in [0.15, 0.2) is 0 Å². The Balaban J connectivity index is 0.916. The number of nitrogens with one attached hydrogen (secondary N) is 2. The highest BCUT2D eigenvalue weighted by Gasteiger charge is 2.34. The number of amides is 2. The fourth-order valence-corrected chi connectivity index (χ4v) is 11.4. The van der Waals surface area contributed by atoms with Crippen LogP contribution in [-0.4, -0.2) is 75.9 Å². The number of aryl methyl sites for hydroxylation is 1. The number of carbonyl (C=O) groups is 2. The quantitative estimate of drug-likeness (QED) is 0.0409. The molecule has 2 radical (unpaired) electrons. The Morgan fingerprint density at radius 2 is 1.39 bits per heavy atom. The van der Waals surface area contributed by atoms with Gasteiger partial charge < -0.3 is 15.5 Å². The Kier molecular flexibility index (Phi) is 17.0. The Morgan fingerprint density at radius 3 is 2.06 bits per heavy atom. The number of unbranched alkanes of at least 4 members (excludes halogenated alkanes) is 2. The first-order valence-corrected chi connectivity index (χ1v) is 26.9. The average Bonchev–Trinajstić information content (AvgIpc) is 3.35. The molecule has 0 bridgehead atoms. The molecule has 2 N–H and O–H groups in total. The van der Waals surface area contributed by atoms with Gasteiger partial charge in [-0.15, -0.1) is 0 Å². The summed E-state index contributed by atoms with van der Waals surface area (Å²) in [4.78, 5) is 34.2. The van der Waals surface area contributed by atoms with Crippen LogP contribution in [0.5, 0.6) is 0 Å². The van der Waals surface area contributed by atoms with E-state index in [0.717, 1.165) is 87.4 Å². The zero-order valence-electron chi connectivity index (χ0n) is 44.0. The molecule has 70 heavy (non-hydrogen) atoms. The molecule has 9 heteroatoms. The summed E-state index contributed by atoms with van der Waals surface area (Å²) >= 11 is 0. The van der Waals surface area contributed by atoms with Crippen LogP contribution in [0.1, 0.15) is 165 Å². The van der Waals surface area contributed by atoms with Gasteiger partial charge in [-0.05, 0) is 132 Å². The number of nitrogens with zero attached hydrogens (tertiary/aromatic N) is 3. The van der Waals surface area contributed by atoms with Gasteiger partial charge in [0.2, 0.25) is 0 Å². The van der Waals surface area contributed by atoms with Crippen molar-refractivity contribution in [2.45, 2.75) is 156 Å². The molecular formula is C61H81B2N5O2. The van der Waals surface area contributed by atoms with Crippen molar-refractivity contribution < 1.29 is 9.59 Å². The van der Waals surface area contributed by atoms with Gasteiger partial charge in [-0.1, -0.05) is 140 Å². The third-order valence-electron chi connectivity index (χ3n) is 16.1. The molecule has 7 nitrogen and oxygen atoms in total. The summed E-state index contributed by atoms with van der Waals surface area (Å²) in [6.45, 7) is 18.5. The molecule has 0 saturated carbocycles. The highest BCUT2D eigenvalue weighted by atomic mass is 16.2. The molecule has 368 valence electrons. The average molecular weight is 938 g/mol. The smallest absolute Gasteiger partial charge is 0.261 e. The second kappa shape index (κ2) is 23.1. The lowest BCUT2D eigenvalue weighted by atomic mass is 9.47. The lowest BCUT2D eigenvalue weighted by Gasteiger charge is -2.36. The number of anilines is 2. The highest BCUT2D eigenvalue weighted by molar-refractivity contribution is 6.39. The van der Waals surface area contributed by atoms with Gasteiger partial charge in [0, 0.05) is 92.7 Å². The SMILES string of the molecule is CCCCNc1ccc2c3c(cccc13)C(=O)N(CCNCc1cc(CCCCC(C)N(Cc3ccc(N(C)C)cc3)Cc3ccccc3C3[B]CC(C)(C)CC3)ccc1C1[B]CC(C)(C)CC1)C2=O. The molecule has 2 fully saturated rings. The highest BCUT2D eigenvalue weighted by Crippen LogP contribution is 2.42. The van der Waals surface area contributed by atoms with E-state index in [1.165, 1.54) is 69.6 Å². The topological polar surface area (TPSA) is 67.9 Å². The Hall–Kier alpha value is -4.85. The molecule has 5 aromatic carbocycles. The van der Waals surface area contributed by atoms with Crippen LogP contribution in [-0.2, 0) is 26.1 Å². The van der Waals surface area contributed by atoms with E-state index in [4.69, 9.17) is 0 Å². The molecule has 8 rings (SSSR count). The maximum atomic E-state index is 13.9. The van der Waals surface area contributed by atoms with E-state index in [0.29, 0.717) is 59.3 Å². The minimum Gasteiger partial charge on any atom is -0.385 e. The Labute approximate surface area is 423 Å². The van der Waals surface area contributed by atoms with Crippen molar-refractivity contribution in [1.82, 2.24) is 15.1 Å². The van der Waals surface area contributed by atoms with E-state index in [9.17, 15) is 9.59 Å². The number of hydrogen-bond donors (Lipinski definition) is 2. The number of hydrogen-bond acceptors (Lipinski definition) is 6. The Morgan fingerprint density at radius 1 is 0.714 bits per heavy atom. The number of carbonyl (C=O) groups excluding carboxylic acids is 2. The normalized spacial score (nSPS) is 19.0. The van der Waals surface area contributed by atoms with Gasteiger partial charge in [0.1, 0.15) is 14.6 Å². The molecule has 0 aliphatic carbocycles. The summed E-state index contributed by atoms with van der Waals surface area (Å²) < 4.78 is 0. The van der Waals surface area contributed by atoms with Crippen molar-refractivity contribution in [2.75, 3.05) is 43.9 Å². The fourth-order valence-electron chi connectivity index (χ4n) is 11.4. The number of benzene rings is 5. The summed E-state index contributed by atoms with van der Waals surface area (Å²) in [5.41, 5.74) is 12.7. The van der Waals surface area contributed by atoms with E-state index in [-0.39, 0.29) is 11.8 Å². The van der Waals surface area contributed by atoms with Crippen LogP contribution in [0, 0.1) is 10.8 Å². The van der Waals surface area contributed by atoms with Crippen LogP contribution in [0.15, 0.2) is 97.1 Å². The minimum atomic E-state index is -0.207. The maximum Gasteiger partial charge on any atom is 0.261 e. The standard InChI is InChI=1S/C61H81B2N5O2/c1-9-10-34-65-56-29-28-53-57-51(56)20-15-21-52(57)58(69)68(59(53)70)36-35-64-38-47-37-44(24-27-50(47)55-31-33-61(5,6)42-63-55)17-12-11-16-43(2)67(39-45-22-25-48(26-23-45)66(7)8)40-46-18-13-14-19-49(46)54-30-32-60(3,4)41-62-54/h13-15,18-29,37,43,54-55,64-65H,9-12,16-17,30-36,38-42H2,1-8H3. The maximum absolute atomic E-state index is 13.9. The summed E-state index contributed by atoms with van der Waals surface area (Å²) in [7, 11) is 9.36. The molecule has 5 aromatic rings. The zero-order valence-corrected chi connectivity index (χ0v) is 44.0. The summed E-state index contributed by atoms with van der Waals surface area (Å²) in [6.07, 6.45) is 13.8. The first-order chi connectivity index (χ1) is 33.7. The summed E-state index contributed by atoms with van der Waals surface area (Å²) in [6, 6.07) is 35.8. The molecule has 2 saturated heterocycles. The van der Waals surface area contributed by atoms with Crippen molar-refractivity contribution in [2.24, 2.45) is 10.8 Å². The molecule has 2 amide bonds. The minimum absolute atomic E-state index is 0.207. The van der Waals surface area contributed by atoms with Gasteiger partial charge in [0.25, 0.3) is 11.8 Å². The van der Waals surface area contributed by atoms with Crippen LogP contribution in [0.25, 0.3) is 10.8 Å². The first kappa shape index (κ1) is 51.5. The van der Waals surface area contributed by atoms with Crippen LogP contribution in [0.4, 0.5) is 11.4 Å². The number of imide groups is 1. The van der Waals surface area contributed by atoms with Crippen molar-refractivity contribution in [3.8, 4) is 0 Å². The van der Waals surface area contributed by atoms with Crippen LogP contribution >= 0.6 is 0 Å². The fraction of sp³-hybridized carbons (Fsp3) is 0.508. The van der Waals surface area contributed by atoms with Gasteiger partial charge in [-0.25, -0.2) is 0 Å². The van der Waals surface area contributed by atoms with Gasteiger partial charge in [-0.2, -0.15) is 0 Å². The van der Waals surface area contributed by atoms with E-state index in [1.54, 1.807) is 0 Å². The van der Waals surface area contributed by atoms with Crippen LogP contribution in [0.2, 0.25) is 12.6 Å². The molecular weight excluding hydrogens is 856 g/mol. The van der Waals surface area contributed by atoms with Gasteiger partial charge in [-0.3, -0.25) is 19.4 Å². The monoisotopic (exact) mass is 938 g/mol. The van der Waals surface area contributed by atoms with Crippen molar-refractivity contribution in [3.63, 3.8) is 0 Å². The lowest BCUT2D eigenvalue weighted by Crippen LogP contribution is -2.43. The summed E-state index contributed by atoms with van der Waals surface area (Å²) in [5, 5.41) is 8.93. The van der Waals surface area contributed by atoms with Gasteiger partial charge in [0.05, 0.1) is 0 Å². The molecule has 3 aliphatic rings. The molecule has 0 spiro atoms. The second-order valence-electron chi connectivity index (χ2n) is 22.9. The van der Waals surface area contributed by atoms with E-state index >= 15 is 0 Å². The Bertz CT molecular complexity index is 2530. The lowest BCUT2D eigenvalue weighted by molar-refractivity contribution is 0.0612. The van der Waals surface area contributed by atoms with Crippen LogP contribution in [0.3, 0.4) is 0 Å². The third kappa shape index (κ3) is 12.6. The van der Waals surface area contributed by atoms with E-state index in [1.807, 2.05) is 30.3 Å². The molecule has 3 heterocycles. The van der Waals surface area contributed by atoms with Crippen LogP contribution < -0.4 is 15.5 Å². The van der Waals surface area contributed by atoms with E-state index in [2.05, 4.69) is 157 Å². The predicted octanol–water partition coefficient (Wildman–Crippen LogP) is 13.3. The second-order valence-corrected chi connectivity index (χ2v) is 22.9. The van der Waals surface area contributed by atoms with Crippen molar-refractivity contribution in [3.05, 3.63) is 142 Å². The first-order valence-electron chi connectivity index (χ1n) is 26.9. The molecule has 3 atom stereocenters.